The summed E-state index contributed by atoms with van der Waals surface area (Å²) >= 11 is 0. The number of rotatable bonds is 7. The molecule has 0 fully saturated rings. The van der Waals surface area contributed by atoms with Crippen molar-refractivity contribution in [1.29, 1.82) is 0 Å². The zero-order valence-corrected chi connectivity index (χ0v) is 11.1. The lowest BCUT2D eigenvalue weighted by Gasteiger charge is -2.17. The van der Waals surface area contributed by atoms with Crippen molar-refractivity contribution in [2.45, 2.75) is 6.10 Å². The van der Waals surface area contributed by atoms with Gasteiger partial charge in [-0.1, -0.05) is 12.1 Å². The molecule has 0 radical (unpaired) electrons. The Kier molecular flexibility index (Phi) is 6.84. The molecule has 2 N–H and O–H groups in total. The third-order valence-corrected chi connectivity index (χ3v) is 2.54. The van der Waals surface area contributed by atoms with Crippen molar-refractivity contribution >= 4 is 6.03 Å². The lowest BCUT2D eigenvalue weighted by atomic mass is 10.1. The second-order valence-electron chi connectivity index (χ2n) is 3.91. The van der Waals surface area contributed by atoms with Gasteiger partial charge in [0, 0.05) is 27.3 Å². The molecule has 6 heteroatoms. The number of urea groups is 1. The Morgan fingerprint density at radius 2 is 2.16 bits per heavy atom. The number of amides is 2. The van der Waals surface area contributed by atoms with Crippen LogP contribution in [0.5, 0.6) is 0 Å². The molecule has 0 aromatic heterocycles. The smallest absolute Gasteiger partial charge is 0.314 e. The van der Waals surface area contributed by atoms with Crippen LogP contribution in [0, 0.1) is 5.82 Å². The number of benzene rings is 1. The number of carbonyl (C=O) groups is 1. The van der Waals surface area contributed by atoms with E-state index in [0.717, 1.165) is 0 Å². The van der Waals surface area contributed by atoms with Gasteiger partial charge in [0.2, 0.25) is 0 Å². The molecule has 0 bridgehead atoms. The lowest BCUT2D eigenvalue weighted by Crippen LogP contribution is -2.39. The third-order valence-electron chi connectivity index (χ3n) is 2.54. The highest BCUT2D eigenvalue weighted by atomic mass is 19.1. The van der Waals surface area contributed by atoms with E-state index in [4.69, 9.17) is 9.47 Å². The van der Waals surface area contributed by atoms with Gasteiger partial charge < -0.3 is 20.1 Å². The highest BCUT2D eigenvalue weighted by Crippen LogP contribution is 2.16. The molecule has 19 heavy (non-hydrogen) atoms. The van der Waals surface area contributed by atoms with Gasteiger partial charge in [0.05, 0.1) is 12.7 Å². The van der Waals surface area contributed by atoms with Gasteiger partial charge in [0.15, 0.2) is 0 Å². The van der Waals surface area contributed by atoms with Crippen LogP contribution < -0.4 is 10.6 Å². The van der Waals surface area contributed by atoms with Crippen LogP contribution in [0.25, 0.3) is 0 Å². The Balaban J connectivity index is 2.42. The summed E-state index contributed by atoms with van der Waals surface area (Å²) in [6.07, 6.45) is -0.385. The molecule has 106 valence electrons. The van der Waals surface area contributed by atoms with E-state index < -0.39 is 0 Å². The predicted molar refractivity (Wildman–Crippen MR) is 69.4 cm³/mol. The average Bonchev–Trinajstić information content (AvgIpc) is 2.40. The van der Waals surface area contributed by atoms with E-state index in [1.54, 1.807) is 19.2 Å². The Hall–Kier alpha value is -1.66. The largest absolute Gasteiger partial charge is 0.383 e. The minimum atomic E-state index is -0.385. The zero-order chi connectivity index (χ0) is 14.1. The first-order valence-corrected chi connectivity index (χ1v) is 5.96. The van der Waals surface area contributed by atoms with Gasteiger partial charge in [-0.05, 0) is 17.7 Å². The Labute approximate surface area is 112 Å². The van der Waals surface area contributed by atoms with Gasteiger partial charge in [-0.25, -0.2) is 9.18 Å². The van der Waals surface area contributed by atoms with Crippen LogP contribution >= 0.6 is 0 Å². The van der Waals surface area contributed by atoms with Crippen molar-refractivity contribution in [2.75, 3.05) is 33.9 Å². The fraction of sp³-hybridized carbons (Fsp3) is 0.462. The molecule has 1 unspecified atom stereocenters. The molecule has 0 aliphatic carbocycles. The van der Waals surface area contributed by atoms with Gasteiger partial charge in [0.1, 0.15) is 5.82 Å². The molecule has 0 saturated carbocycles. The molecule has 1 aromatic rings. The average molecular weight is 270 g/mol. The topological polar surface area (TPSA) is 59.6 Å². The van der Waals surface area contributed by atoms with E-state index in [1.165, 1.54) is 19.2 Å². The van der Waals surface area contributed by atoms with Crippen molar-refractivity contribution in [1.82, 2.24) is 10.6 Å². The standard InChI is InChI=1S/C13H19FN2O3/c1-18-7-6-15-13(17)16-9-12(19-2)10-4-3-5-11(14)8-10/h3-5,8,12H,6-7,9H2,1-2H3,(H2,15,16,17). The van der Waals surface area contributed by atoms with Crippen LogP contribution in [-0.2, 0) is 9.47 Å². The van der Waals surface area contributed by atoms with Crippen LogP contribution in [0.1, 0.15) is 11.7 Å². The molecule has 1 aromatic carbocycles. The van der Waals surface area contributed by atoms with Crippen molar-refractivity contribution in [2.24, 2.45) is 0 Å². The van der Waals surface area contributed by atoms with Crippen LogP contribution in [0.2, 0.25) is 0 Å². The van der Waals surface area contributed by atoms with Crippen LogP contribution in [0.15, 0.2) is 24.3 Å². The highest BCUT2D eigenvalue weighted by molar-refractivity contribution is 5.73. The molecular weight excluding hydrogens is 251 g/mol. The molecule has 5 nitrogen and oxygen atoms in total. The van der Waals surface area contributed by atoms with Crippen LogP contribution in [-0.4, -0.2) is 39.9 Å². The summed E-state index contributed by atoms with van der Waals surface area (Å²) < 4.78 is 23.1. The van der Waals surface area contributed by atoms with Gasteiger partial charge in [-0.2, -0.15) is 0 Å². The first-order chi connectivity index (χ1) is 9.17. The number of hydrogen-bond donors (Lipinski definition) is 2. The van der Waals surface area contributed by atoms with Gasteiger partial charge in [0.25, 0.3) is 0 Å². The Morgan fingerprint density at radius 3 is 2.79 bits per heavy atom. The molecule has 0 aliphatic rings. The minimum absolute atomic E-state index is 0.263. The lowest BCUT2D eigenvalue weighted by molar-refractivity contribution is 0.103. The van der Waals surface area contributed by atoms with E-state index in [2.05, 4.69) is 10.6 Å². The third kappa shape index (κ3) is 5.67. The number of ether oxygens (including phenoxy) is 2. The molecule has 1 atom stereocenters. The summed E-state index contributed by atoms with van der Waals surface area (Å²) in [6.45, 7) is 1.14. The van der Waals surface area contributed by atoms with Crippen LogP contribution in [0.3, 0.4) is 0 Å². The van der Waals surface area contributed by atoms with Crippen molar-refractivity contribution in [3.8, 4) is 0 Å². The quantitative estimate of drug-likeness (QED) is 0.737. The van der Waals surface area contributed by atoms with E-state index in [0.29, 0.717) is 18.7 Å². The SMILES string of the molecule is COCCNC(=O)NCC(OC)c1cccc(F)c1. The second-order valence-corrected chi connectivity index (χ2v) is 3.91. The van der Waals surface area contributed by atoms with Crippen LogP contribution in [0.4, 0.5) is 9.18 Å². The summed E-state index contributed by atoms with van der Waals surface area (Å²) in [7, 11) is 3.07. The van der Waals surface area contributed by atoms with Crippen molar-refractivity contribution in [3.05, 3.63) is 35.6 Å². The number of hydrogen-bond acceptors (Lipinski definition) is 3. The minimum Gasteiger partial charge on any atom is -0.383 e. The summed E-state index contributed by atoms with van der Waals surface area (Å²) in [6, 6.07) is 5.80. The maximum atomic E-state index is 13.1. The van der Waals surface area contributed by atoms with Gasteiger partial charge in [-0.15, -0.1) is 0 Å². The fourth-order valence-corrected chi connectivity index (χ4v) is 1.56. The molecule has 0 heterocycles. The summed E-state index contributed by atoms with van der Waals surface area (Å²) in [5.41, 5.74) is 0.680. The number of nitrogens with one attached hydrogen (secondary N) is 2. The summed E-state index contributed by atoms with van der Waals surface area (Å²) in [4.78, 5) is 11.4. The number of carbonyl (C=O) groups excluding carboxylic acids is 1. The summed E-state index contributed by atoms with van der Waals surface area (Å²) in [5, 5.41) is 5.28. The maximum Gasteiger partial charge on any atom is 0.314 e. The Bertz CT molecular complexity index is 401. The van der Waals surface area contributed by atoms with Gasteiger partial charge in [-0.3, -0.25) is 0 Å². The second kappa shape index (κ2) is 8.44. The van der Waals surface area contributed by atoms with E-state index in [1.807, 2.05) is 0 Å². The maximum absolute atomic E-state index is 13.1. The monoisotopic (exact) mass is 270 g/mol. The van der Waals surface area contributed by atoms with Gasteiger partial charge >= 0.3 is 6.03 Å². The first kappa shape index (κ1) is 15.4. The first-order valence-electron chi connectivity index (χ1n) is 5.96. The highest BCUT2D eigenvalue weighted by Gasteiger charge is 2.12. The zero-order valence-electron chi connectivity index (χ0n) is 11.1. The van der Waals surface area contributed by atoms with E-state index in [9.17, 15) is 9.18 Å². The number of methoxy groups -OCH3 is 2. The molecule has 0 aliphatic heterocycles. The molecular formula is C13H19FN2O3. The number of halogens is 1. The van der Waals surface area contributed by atoms with Crippen molar-refractivity contribution < 1.29 is 18.7 Å². The van der Waals surface area contributed by atoms with E-state index >= 15 is 0 Å². The molecule has 1 rings (SSSR count). The Morgan fingerprint density at radius 1 is 1.37 bits per heavy atom. The van der Waals surface area contributed by atoms with Crippen molar-refractivity contribution in [3.63, 3.8) is 0 Å². The molecule has 0 spiro atoms. The molecule has 2 amide bonds. The van der Waals surface area contributed by atoms with E-state index in [-0.39, 0.29) is 24.5 Å². The normalized spacial score (nSPS) is 11.9. The summed E-state index contributed by atoms with van der Waals surface area (Å²) in [5.74, 6) is -0.330. The fourth-order valence-electron chi connectivity index (χ4n) is 1.56. The predicted octanol–water partition coefficient (Wildman–Crippen LogP) is 1.46. The molecule has 0 saturated heterocycles.